The number of hydrogen-bond donors (Lipinski definition) is 1. The molecule has 1 aliphatic heterocycles. The first-order valence-corrected chi connectivity index (χ1v) is 10.7. The van der Waals surface area contributed by atoms with E-state index < -0.39 is 10.0 Å². The number of hydrogen-bond acceptors (Lipinski definition) is 4. The van der Waals surface area contributed by atoms with Crippen molar-refractivity contribution in [1.29, 1.82) is 0 Å². The number of para-hydroxylation sites is 1. The van der Waals surface area contributed by atoms with Gasteiger partial charge in [-0.05, 0) is 61.7 Å². The molecule has 1 heterocycles. The van der Waals surface area contributed by atoms with E-state index in [0.717, 1.165) is 6.42 Å². The molecule has 28 heavy (non-hydrogen) atoms. The largest absolute Gasteiger partial charge is 0.457 e. The standard InChI is InChI=1S/C21H24N2O4S/c1-2-21(24)22-17-7-6-15-23(16-14-17)28(25,26)20-12-10-19(11-13-20)27-18-8-4-3-5-9-18/h2-5,8-13,17H,1,6-7,14-16H2,(H,22,24). The van der Waals surface area contributed by atoms with Gasteiger partial charge in [0, 0.05) is 19.1 Å². The molecule has 0 radical (unpaired) electrons. The van der Waals surface area contributed by atoms with Gasteiger partial charge in [0.25, 0.3) is 0 Å². The first-order valence-electron chi connectivity index (χ1n) is 9.25. The summed E-state index contributed by atoms with van der Waals surface area (Å²) in [5.74, 6) is 1.04. The van der Waals surface area contributed by atoms with Crippen molar-refractivity contribution in [1.82, 2.24) is 9.62 Å². The quantitative estimate of drug-likeness (QED) is 0.755. The lowest BCUT2D eigenvalue weighted by atomic mass is 10.1. The van der Waals surface area contributed by atoms with Gasteiger partial charge in [0.05, 0.1) is 4.90 Å². The monoisotopic (exact) mass is 400 g/mol. The summed E-state index contributed by atoms with van der Waals surface area (Å²) >= 11 is 0. The van der Waals surface area contributed by atoms with Crippen molar-refractivity contribution in [3.8, 4) is 11.5 Å². The predicted octanol–water partition coefficient (Wildman–Crippen LogP) is 3.32. The summed E-state index contributed by atoms with van der Waals surface area (Å²) < 4.78 is 33.2. The Labute approximate surface area is 165 Å². The number of sulfonamides is 1. The van der Waals surface area contributed by atoms with Gasteiger partial charge < -0.3 is 10.1 Å². The first-order chi connectivity index (χ1) is 13.5. The van der Waals surface area contributed by atoms with E-state index in [9.17, 15) is 13.2 Å². The lowest BCUT2D eigenvalue weighted by Crippen LogP contribution is -2.36. The van der Waals surface area contributed by atoms with E-state index in [0.29, 0.717) is 37.4 Å². The fraction of sp³-hybridized carbons (Fsp3) is 0.286. The molecule has 1 aliphatic rings. The summed E-state index contributed by atoms with van der Waals surface area (Å²) in [5.41, 5.74) is 0. The Hall–Kier alpha value is -2.64. The SMILES string of the molecule is C=CC(=O)NC1CCCN(S(=O)(=O)c2ccc(Oc3ccccc3)cc2)CC1. The van der Waals surface area contributed by atoms with E-state index in [1.165, 1.54) is 10.4 Å². The molecule has 1 fully saturated rings. The zero-order chi connectivity index (χ0) is 20.0. The van der Waals surface area contributed by atoms with Crippen LogP contribution in [0.4, 0.5) is 0 Å². The molecule has 0 spiro atoms. The van der Waals surface area contributed by atoms with Crippen molar-refractivity contribution in [2.45, 2.75) is 30.2 Å². The van der Waals surface area contributed by atoms with Gasteiger partial charge in [-0.1, -0.05) is 24.8 Å². The number of carbonyl (C=O) groups excluding carboxylic acids is 1. The van der Waals surface area contributed by atoms with Crippen LogP contribution in [-0.2, 0) is 14.8 Å². The number of nitrogens with one attached hydrogen (secondary N) is 1. The van der Waals surface area contributed by atoms with Gasteiger partial charge in [-0.3, -0.25) is 4.79 Å². The first kappa shape index (κ1) is 20.1. The highest BCUT2D eigenvalue weighted by molar-refractivity contribution is 7.89. The van der Waals surface area contributed by atoms with Crippen LogP contribution in [0.5, 0.6) is 11.5 Å². The molecule has 0 aliphatic carbocycles. The van der Waals surface area contributed by atoms with Gasteiger partial charge in [0.1, 0.15) is 11.5 Å². The maximum atomic E-state index is 13.0. The normalized spacial score (nSPS) is 18.1. The highest BCUT2D eigenvalue weighted by Gasteiger charge is 2.27. The third-order valence-corrected chi connectivity index (χ3v) is 6.57. The van der Waals surface area contributed by atoms with Gasteiger partial charge in [-0.2, -0.15) is 4.31 Å². The van der Waals surface area contributed by atoms with Crippen LogP contribution in [0, 0.1) is 0 Å². The number of ether oxygens (including phenoxy) is 1. The Morgan fingerprint density at radius 2 is 1.71 bits per heavy atom. The second-order valence-electron chi connectivity index (χ2n) is 6.63. The predicted molar refractivity (Wildman–Crippen MR) is 108 cm³/mol. The van der Waals surface area contributed by atoms with E-state index in [1.54, 1.807) is 24.3 Å². The third-order valence-electron chi connectivity index (χ3n) is 4.66. The zero-order valence-corrected chi connectivity index (χ0v) is 16.4. The Bertz CT molecular complexity index is 911. The summed E-state index contributed by atoms with van der Waals surface area (Å²) in [5, 5.41) is 2.86. The van der Waals surface area contributed by atoms with Crippen molar-refractivity contribution >= 4 is 15.9 Å². The molecule has 2 aromatic rings. The van der Waals surface area contributed by atoms with Gasteiger partial charge in [0.2, 0.25) is 15.9 Å². The maximum absolute atomic E-state index is 13.0. The Kier molecular flexibility index (Phi) is 6.49. The van der Waals surface area contributed by atoms with Crippen LogP contribution in [0.2, 0.25) is 0 Å². The number of carbonyl (C=O) groups is 1. The van der Waals surface area contributed by atoms with Crippen LogP contribution < -0.4 is 10.1 Å². The number of amides is 1. The molecule has 1 atom stereocenters. The fourth-order valence-electron chi connectivity index (χ4n) is 3.17. The van der Waals surface area contributed by atoms with Crippen LogP contribution in [0.1, 0.15) is 19.3 Å². The highest BCUT2D eigenvalue weighted by atomic mass is 32.2. The minimum absolute atomic E-state index is 0.0349. The van der Waals surface area contributed by atoms with Crippen LogP contribution in [0.3, 0.4) is 0 Å². The highest BCUT2D eigenvalue weighted by Crippen LogP contribution is 2.25. The summed E-state index contributed by atoms with van der Waals surface area (Å²) in [6, 6.07) is 15.7. The smallest absolute Gasteiger partial charge is 0.243 e. The molecule has 0 aromatic heterocycles. The Morgan fingerprint density at radius 1 is 1.04 bits per heavy atom. The Balaban J connectivity index is 1.66. The van der Waals surface area contributed by atoms with Crippen LogP contribution >= 0.6 is 0 Å². The van der Waals surface area contributed by atoms with E-state index >= 15 is 0 Å². The van der Waals surface area contributed by atoms with Crippen molar-refractivity contribution in [3.05, 3.63) is 67.3 Å². The average molecular weight is 401 g/mol. The van der Waals surface area contributed by atoms with E-state index in [2.05, 4.69) is 11.9 Å². The van der Waals surface area contributed by atoms with Crippen molar-refractivity contribution in [2.24, 2.45) is 0 Å². The molecule has 1 saturated heterocycles. The molecule has 7 heteroatoms. The maximum Gasteiger partial charge on any atom is 0.243 e. The van der Waals surface area contributed by atoms with Crippen LogP contribution in [0.25, 0.3) is 0 Å². The Morgan fingerprint density at radius 3 is 2.39 bits per heavy atom. The van der Waals surface area contributed by atoms with Gasteiger partial charge in [-0.15, -0.1) is 0 Å². The van der Waals surface area contributed by atoms with Crippen LogP contribution in [0.15, 0.2) is 72.1 Å². The molecule has 148 valence electrons. The molecule has 0 saturated carbocycles. The number of nitrogens with zero attached hydrogens (tertiary/aromatic N) is 1. The summed E-state index contributed by atoms with van der Waals surface area (Å²) in [4.78, 5) is 11.7. The van der Waals surface area contributed by atoms with Gasteiger partial charge in [0.15, 0.2) is 0 Å². The fourth-order valence-corrected chi connectivity index (χ4v) is 4.66. The van der Waals surface area contributed by atoms with E-state index in [4.69, 9.17) is 4.74 Å². The van der Waals surface area contributed by atoms with Crippen molar-refractivity contribution < 1.29 is 17.9 Å². The second-order valence-corrected chi connectivity index (χ2v) is 8.57. The minimum Gasteiger partial charge on any atom is -0.457 e. The van der Waals surface area contributed by atoms with Gasteiger partial charge >= 0.3 is 0 Å². The van der Waals surface area contributed by atoms with Gasteiger partial charge in [-0.25, -0.2) is 8.42 Å². The number of benzene rings is 2. The zero-order valence-electron chi connectivity index (χ0n) is 15.6. The molecule has 1 unspecified atom stereocenters. The second kappa shape index (κ2) is 9.03. The minimum atomic E-state index is -3.59. The lowest BCUT2D eigenvalue weighted by molar-refractivity contribution is -0.117. The molecule has 3 rings (SSSR count). The van der Waals surface area contributed by atoms with E-state index in [-0.39, 0.29) is 16.8 Å². The molecule has 6 nitrogen and oxygen atoms in total. The van der Waals surface area contributed by atoms with Crippen molar-refractivity contribution in [3.63, 3.8) is 0 Å². The average Bonchev–Trinajstić information content (AvgIpc) is 2.95. The molecular formula is C21H24N2O4S. The summed E-state index contributed by atoms with van der Waals surface area (Å²) in [6.07, 6.45) is 3.25. The van der Waals surface area contributed by atoms with Crippen LogP contribution in [-0.4, -0.2) is 37.8 Å². The molecule has 0 bridgehead atoms. The number of rotatable bonds is 6. The summed E-state index contributed by atoms with van der Waals surface area (Å²) in [7, 11) is -3.59. The van der Waals surface area contributed by atoms with E-state index in [1.807, 2.05) is 30.3 Å². The molecule has 1 N–H and O–H groups in total. The third kappa shape index (κ3) is 4.99. The molecular weight excluding hydrogens is 376 g/mol. The summed E-state index contributed by atoms with van der Waals surface area (Å²) in [6.45, 7) is 4.25. The topological polar surface area (TPSA) is 75.7 Å². The molecule has 1 amide bonds. The molecule has 2 aromatic carbocycles. The van der Waals surface area contributed by atoms with Crippen molar-refractivity contribution in [2.75, 3.05) is 13.1 Å². The lowest BCUT2D eigenvalue weighted by Gasteiger charge is -2.20.